The molecule has 0 bridgehead atoms. The van der Waals surface area contributed by atoms with Crippen molar-refractivity contribution in [1.29, 1.82) is 0 Å². The Bertz CT molecular complexity index is 1320. The molecule has 4 aromatic rings. The molecule has 0 spiro atoms. The summed E-state index contributed by atoms with van der Waals surface area (Å²) in [5.74, 6) is -0.151. The second-order valence-electron chi connectivity index (χ2n) is 6.06. The maximum absolute atomic E-state index is 12.2. The van der Waals surface area contributed by atoms with Gasteiger partial charge in [0.15, 0.2) is 4.34 Å². The highest BCUT2D eigenvalue weighted by molar-refractivity contribution is 8.01. The number of aromatic amines is 1. The molecule has 4 rings (SSSR count). The van der Waals surface area contributed by atoms with E-state index in [-0.39, 0.29) is 29.0 Å². The van der Waals surface area contributed by atoms with Gasteiger partial charge in [0.25, 0.3) is 11.4 Å². The number of amides is 1. The number of nitrogens with one attached hydrogen (secondary N) is 2. The zero-order chi connectivity index (χ0) is 22.0. The number of rotatable bonds is 7. The van der Waals surface area contributed by atoms with E-state index in [1.807, 2.05) is 0 Å². The van der Waals surface area contributed by atoms with Crippen molar-refractivity contribution in [1.82, 2.24) is 20.2 Å². The van der Waals surface area contributed by atoms with E-state index < -0.39 is 9.85 Å². The molecule has 2 N–H and O–H groups in total. The zero-order valence-corrected chi connectivity index (χ0v) is 17.0. The van der Waals surface area contributed by atoms with Crippen LogP contribution in [-0.4, -0.2) is 41.7 Å². The number of nitro benzene ring substituents is 2. The smallest absolute Gasteiger partial charge is 0.271 e. The van der Waals surface area contributed by atoms with Gasteiger partial charge in [-0.25, -0.2) is 4.98 Å². The van der Waals surface area contributed by atoms with Crippen molar-refractivity contribution in [2.24, 2.45) is 0 Å². The van der Waals surface area contributed by atoms with Gasteiger partial charge in [-0.15, -0.1) is 10.2 Å². The van der Waals surface area contributed by atoms with Crippen LogP contribution < -0.4 is 5.32 Å². The molecular weight excluding hydrogens is 446 g/mol. The molecule has 0 aliphatic rings. The number of benzene rings is 2. The van der Waals surface area contributed by atoms with E-state index in [0.29, 0.717) is 25.9 Å². The highest BCUT2D eigenvalue weighted by Crippen LogP contribution is 2.31. The van der Waals surface area contributed by atoms with Gasteiger partial charge in [0.2, 0.25) is 11.9 Å². The SMILES string of the molecule is O=C(CSc1nnc(-c2cccc([N+](=O)[O-])c2)s1)Nc1nc2ccc([N+](=O)[O-])cc2[nH]1. The fraction of sp³-hybridized carbons (Fsp3) is 0.0588. The van der Waals surface area contributed by atoms with Gasteiger partial charge >= 0.3 is 0 Å². The van der Waals surface area contributed by atoms with Crippen LogP contribution in [0.15, 0.2) is 46.8 Å². The van der Waals surface area contributed by atoms with Crippen LogP contribution in [0.25, 0.3) is 21.6 Å². The Morgan fingerprint density at radius 1 is 1.10 bits per heavy atom. The van der Waals surface area contributed by atoms with Gasteiger partial charge in [0.1, 0.15) is 5.01 Å². The summed E-state index contributed by atoms with van der Waals surface area (Å²) in [5, 5.41) is 32.9. The Hall–Kier alpha value is -3.91. The van der Waals surface area contributed by atoms with Gasteiger partial charge < -0.3 is 4.98 Å². The molecule has 0 fully saturated rings. The van der Waals surface area contributed by atoms with Gasteiger partial charge in [-0.05, 0) is 6.07 Å². The van der Waals surface area contributed by atoms with Gasteiger partial charge in [-0.1, -0.05) is 35.2 Å². The Morgan fingerprint density at radius 2 is 1.87 bits per heavy atom. The van der Waals surface area contributed by atoms with Crippen LogP contribution >= 0.6 is 23.1 Å². The summed E-state index contributed by atoms with van der Waals surface area (Å²) in [6.45, 7) is 0. The maximum Gasteiger partial charge on any atom is 0.271 e. The third-order valence-electron chi connectivity index (χ3n) is 3.97. The number of carbonyl (C=O) groups excluding carboxylic acids is 1. The molecule has 12 nitrogen and oxygen atoms in total. The number of nitro groups is 2. The average Bonchev–Trinajstić information content (AvgIpc) is 3.38. The number of hydrogen-bond donors (Lipinski definition) is 2. The minimum absolute atomic E-state index is 0.0285. The first kappa shape index (κ1) is 20.4. The third kappa shape index (κ3) is 4.65. The van der Waals surface area contributed by atoms with E-state index >= 15 is 0 Å². The summed E-state index contributed by atoms with van der Waals surface area (Å²) in [4.78, 5) is 40.0. The summed E-state index contributed by atoms with van der Waals surface area (Å²) >= 11 is 2.37. The highest BCUT2D eigenvalue weighted by Gasteiger charge is 2.14. The Balaban J connectivity index is 1.38. The normalized spacial score (nSPS) is 10.8. The van der Waals surface area contributed by atoms with Gasteiger partial charge in [-0.2, -0.15) is 0 Å². The lowest BCUT2D eigenvalue weighted by Crippen LogP contribution is -2.14. The molecule has 2 aromatic heterocycles. The van der Waals surface area contributed by atoms with Gasteiger partial charge in [0.05, 0.1) is 26.6 Å². The highest BCUT2D eigenvalue weighted by atomic mass is 32.2. The minimum atomic E-state index is -0.515. The van der Waals surface area contributed by atoms with Crippen LogP contribution in [0, 0.1) is 20.2 Å². The summed E-state index contributed by atoms with van der Waals surface area (Å²) in [5.41, 5.74) is 1.36. The molecule has 31 heavy (non-hydrogen) atoms. The Morgan fingerprint density at radius 3 is 2.65 bits per heavy atom. The summed E-state index contributed by atoms with van der Waals surface area (Å²) in [6.07, 6.45) is 0. The molecule has 0 radical (unpaired) electrons. The summed E-state index contributed by atoms with van der Waals surface area (Å²) in [6, 6.07) is 10.2. The molecular formula is C17H11N7O5S2. The number of nitrogens with zero attached hydrogens (tertiary/aromatic N) is 5. The molecule has 2 aromatic carbocycles. The Kier molecular flexibility index (Phi) is 5.55. The number of hydrogen-bond acceptors (Lipinski definition) is 10. The lowest BCUT2D eigenvalue weighted by Gasteiger charge is -1.99. The molecule has 0 saturated carbocycles. The minimum Gasteiger partial charge on any atom is -0.324 e. The molecule has 0 saturated heterocycles. The Labute approximate surface area is 181 Å². The average molecular weight is 457 g/mol. The van der Waals surface area contributed by atoms with Crippen molar-refractivity contribution in [2.75, 3.05) is 11.1 Å². The van der Waals surface area contributed by atoms with E-state index in [1.54, 1.807) is 12.1 Å². The van der Waals surface area contributed by atoms with Gasteiger partial charge in [0, 0.05) is 29.8 Å². The molecule has 14 heteroatoms. The number of H-pyrrole nitrogens is 1. The summed E-state index contributed by atoms with van der Waals surface area (Å²) < 4.78 is 0.525. The number of fused-ring (bicyclic) bond motifs is 1. The number of non-ortho nitro benzene ring substituents is 2. The number of carbonyl (C=O) groups is 1. The molecule has 0 aliphatic heterocycles. The molecule has 1 amide bonds. The molecule has 0 atom stereocenters. The van der Waals surface area contributed by atoms with E-state index in [2.05, 4.69) is 25.5 Å². The number of imidazole rings is 1. The van der Waals surface area contributed by atoms with E-state index in [4.69, 9.17) is 0 Å². The first-order valence-corrected chi connectivity index (χ1v) is 10.3. The van der Waals surface area contributed by atoms with Crippen LogP contribution in [0.3, 0.4) is 0 Å². The predicted molar refractivity (Wildman–Crippen MR) is 114 cm³/mol. The van der Waals surface area contributed by atoms with Crippen molar-refractivity contribution >= 4 is 57.4 Å². The van der Waals surface area contributed by atoms with Crippen molar-refractivity contribution in [2.45, 2.75) is 4.34 Å². The topological polar surface area (TPSA) is 170 Å². The number of anilines is 1. The first-order valence-electron chi connectivity index (χ1n) is 8.54. The number of thioether (sulfide) groups is 1. The molecule has 156 valence electrons. The standard InChI is InChI=1S/C17H11N7O5S2/c25-14(20-16-18-12-5-4-11(24(28)29)7-13(12)19-16)8-30-17-22-21-15(31-17)9-2-1-3-10(6-9)23(26)27/h1-7H,8H2,(H2,18,19,20,25). The van der Waals surface area contributed by atoms with Crippen molar-refractivity contribution in [3.8, 4) is 10.6 Å². The second kappa shape index (κ2) is 8.45. The molecule has 0 unspecified atom stereocenters. The lowest BCUT2D eigenvalue weighted by molar-refractivity contribution is -0.384. The van der Waals surface area contributed by atoms with E-state index in [0.717, 1.165) is 11.8 Å². The quantitative estimate of drug-likeness (QED) is 0.239. The maximum atomic E-state index is 12.2. The van der Waals surface area contributed by atoms with Crippen LogP contribution in [-0.2, 0) is 4.79 Å². The monoisotopic (exact) mass is 457 g/mol. The van der Waals surface area contributed by atoms with Crippen molar-refractivity contribution in [3.63, 3.8) is 0 Å². The first-order chi connectivity index (χ1) is 14.9. The fourth-order valence-electron chi connectivity index (χ4n) is 2.60. The molecule has 2 heterocycles. The van der Waals surface area contributed by atoms with Crippen LogP contribution in [0.5, 0.6) is 0 Å². The third-order valence-corrected chi connectivity index (χ3v) is 6.08. The fourth-order valence-corrected chi connectivity index (χ4v) is 4.25. The zero-order valence-electron chi connectivity index (χ0n) is 15.3. The lowest BCUT2D eigenvalue weighted by atomic mass is 10.2. The van der Waals surface area contributed by atoms with Gasteiger partial charge in [-0.3, -0.25) is 30.3 Å². The van der Waals surface area contributed by atoms with Crippen LogP contribution in [0.4, 0.5) is 17.3 Å². The van der Waals surface area contributed by atoms with E-state index in [1.165, 1.54) is 41.7 Å². The predicted octanol–water partition coefficient (Wildman–Crippen LogP) is 3.63. The van der Waals surface area contributed by atoms with Crippen molar-refractivity contribution in [3.05, 3.63) is 62.7 Å². The van der Waals surface area contributed by atoms with E-state index in [9.17, 15) is 25.0 Å². The summed E-state index contributed by atoms with van der Waals surface area (Å²) in [7, 11) is 0. The van der Waals surface area contributed by atoms with Crippen molar-refractivity contribution < 1.29 is 14.6 Å². The second-order valence-corrected chi connectivity index (χ2v) is 8.26. The largest absolute Gasteiger partial charge is 0.324 e. The van der Waals surface area contributed by atoms with Crippen LogP contribution in [0.2, 0.25) is 0 Å². The van der Waals surface area contributed by atoms with Crippen LogP contribution in [0.1, 0.15) is 0 Å². The number of aromatic nitrogens is 4. The molecule has 0 aliphatic carbocycles.